The second-order valence-electron chi connectivity index (χ2n) is 5.27. The van der Waals surface area contributed by atoms with Gasteiger partial charge in [-0.15, -0.1) is 0 Å². The van der Waals surface area contributed by atoms with E-state index in [4.69, 9.17) is 9.47 Å². The van der Waals surface area contributed by atoms with Crippen LogP contribution in [-0.4, -0.2) is 6.61 Å². The Bertz CT molecular complexity index is 799. The minimum absolute atomic E-state index is 0.630. The molecule has 0 N–H and O–H groups in total. The molecule has 0 radical (unpaired) electrons. The van der Waals surface area contributed by atoms with Crippen molar-refractivity contribution < 1.29 is 9.47 Å². The zero-order valence-electron chi connectivity index (χ0n) is 12.9. The van der Waals surface area contributed by atoms with Crippen molar-refractivity contribution in [3.63, 3.8) is 0 Å². The molecule has 0 amide bonds. The van der Waals surface area contributed by atoms with E-state index in [0.717, 1.165) is 34.3 Å². The monoisotopic (exact) mass is 303 g/mol. The fourth-order valence-corrected chi connectivity index (χ4v) is 2.88. The first-order chi connectivity index (χ1) is 11.4. The summed E-state index contributed by atoms with van der Waals surface area (Å²) in [5.41, 5.74) is 3.04. The number of nitrogens with zero attached hydrogens (tertiary/aromatic N) is 1. The van der Waals surface area contributed by atoms with Crippen LogP contribution in [0.25, 0.3) is 0 Å². The summed E-state index contributed by atoms with van der Waals surface area (Å²) in [5.74, 6) is 2.55. The summed E-state index contributed by atoms with van der Waals surface area (Å²) >= 11 is 0. The van der Waals surface area contributed by atoms with Gasteiger partial charge in [0.2, 0.25) is 0 Å². The molecule has 3 aromatic carbocycles. The number of anilines is 3. The van der Waals surface area contributed by atoms with E-state index >= 15 is 0 Å². The normalized spacial score (nSPS) is 12.1. The topological polar surface area (TPSA) is 21.7 Å². The van der Waals surface area contributed by atoms with Crippen molar-refractivity contribution in [3.8, 4) is 17.2 Å². The van der Waals surface area contributed by atoms with Crippen LogP contribution in [0.5, 0.6) is 17.2 Å². The number of benzene rings is 3. The molecular formula is C20H17NO2. The molecule has 0 spiro atoms. The third-order valence-corrected chi connectivity index (χ3v) is 3.84. The maximum atomic E-state index is 6.05. The smallest absolute Gasteiger partial charge is 0.151 e. The van der Waals surface area contributed by atoms with Gasteiger partial charge in [0.05, 0.1) is 23.7 Å². The van der Waals surface area contributed by atoms with E-state index in [1.54, 1.807) is 0 Å². The van der Waals surface area contributed by atoms with Crippen molar-refractivity contribution in [3.05, 3.63) is 72.8 Å². The number of hydrogen-bond donors (Lipinski definition) is 0. The molecule has 114 valence electrons. The predicted molar refractivity (Wildman–Crippen MR) is 92.4 cm³/mol. The first kappa shape index (κ1) is 13.7. The van der Waals surface area contributed by atoms with Crippen molar-refractivity contribution in [1.82, 2.24) is 0 Å². The minimum Gasteiger partial charge on any atom is -0.492 e. The average Bonchev–Trinajstić information content (AvgIpc) is 2.61. The summed E-state index contributed by atoms with van der Waals surface area (Å²) < 4.78 is 11.9. The maximum absolute atomic E-state index is 6.05. The summed E-state index contributed by atoms with van der Waals surface area (Å²) in [5, 5.41) is 0. The lowest BCUT2D eigenvalue weighted by Gasteiger charge is -2.33. The van der Waals surface area contributed by atoms with Crippen molar-refractivity contribution in [1.29, 1.82) is 0 Å². The quantitative estimate of drug-likeness (QED) is 0.487. The van der Waals surface area contributed by atoms with Crippen molar-refractivity contribution >= 4 is 17.1 Å². The molecule has 0 aromatic heterocycles. The Hall–Kier alpha value is -2.94. The lowest BCUT2D eigenvalue weighted by atomic mass is 10.1. The van der Waals surface area contributed by atoms with E-state index < -0.39 is 0 Å². The van der Waals surface area contributed by atoms with Gasteiger partial charge in [-0.2, -0.15) is 0 Å². The van der Waals surface area contributed by atoms with Crippen LogP contribution in [-0.2, 0) is 0 Å². The van der Waals surface area contributed by atoms with Crippen molar-refractivity contribution in [2.75, 3.05) is 11.5 Å². The summed E-state index contributed by atoms with van der Waals surface area (Å²) in [6.45, 7) is 2.63. The van der Waals surface area contributed by atoms with Crippen LogP contribution in [0.1, 0.15) is 6.92 Å². The van der Waals surface area contributed by atoms with Gasteiger partial charge in [-0.05, 0) is 43.3 Å². The van der Waals surface area contributed by atoms with Gasteiger partial charge in [-0.1, -0.05) is 36.4 Å². The molecule has 0 saturated heterocycles. The molecule has 1 heterocycles. The number of ether oxygens (including phenoxy) is 2. The lowest BCUT2D eigenvalue weighted by molar-refractivity contribution is 0.341. The highest BCUT2D eigenvalue weighted by Gasteiger charge is 2.26. The molecule has 1 aliphatic heterocycles. The van der Waals surface area contributed by atoms with Crippen molar-refractivity contribution in [2.24, 2.45) is 0 Å². The molecule has 3 nitrogen and oxygen atoms in total. The van der Waals surface area contributed by atoms with Crippen LogP contribution >= 0.6 is 0 Å². The molecule has 0 unspecified atom stereocenters. The molecule has 0 fully saturated rings. The summed E-state index contributed by atoms with van der Waals surface area (Å²) in [6, 6.07) is 24.2. The van der Waals surface area contributed by atoms with Crippen LogP contribution in [0.3, 0.4) is 0 Å². The maximum Gasteiger partial charge on any atom is 0.151 e. The Labute approximate surface area is 135 Å². The second-order valence-corrected chi connectivity index (χ2v) is 5.27. The zero-order chi connectivity index (χ0) is 15.6. The SMILES string of the molecule is CCOc1ccccc1N1c2ccccc2Oc2ccccc21. The summed E-state index contributed by atoms with van der Waals surface area (Å²) in [7, 11) is 0. The fraction of sp³-hybridized carbons (Fsp3) is 0.100. The number of fused-ring (bicyclic) bond motifs is 2. The molecule has 3 aromatic rings. The van der Waals surface area contributed by atoms with Gasteiger partial charge in [-0.25, -0.2) is 0 Å². The van der Waals surface area contributed by atoms with E-state index in [9.17, 15) is 0 Å². The molecule has 0 bridgehead atoms. The van der Waals surface area contributed by atoms with Gasteiger partial charge in [0, 0.05) is 0 Å². The molecular weight excluding hydrogens is 286 g/mol. The third-order valence-electron chi connectivity index (χ3n) is 3.84. The molecule has 23 heavy (non-hydrogen) atoms. The Balaban J connectivity index is 1.95. The van der Waals surface area contributed by atoms with Crippen LogP contribution < -0.4 is 14.4 Å². The number of hydrogen-bond acceptors (Lipinski definition) is 3. The van der Waals surface area contributed by atoms with Gasteiger partial charge < -0.3 is 9.47 Å². The van der Waals surface area contributed by atoms with Crippen molar-refractivity contribution in [2.45, 2.75) is 6.92 Å². The van der Waals surface area contributed by atoms with Gasteiger partial charge in [-0.3, -0.25) is 4.90 Å². The van der Waals surface area contributed by atoms with Gasteiger partial charge >= 0.3 is 0 Å². The number of para-hydroxylation sites is 6. The molecule has 3 heteroatoms. The van der Waals surface area contributed by atoms with Crippen LogP contribution in [0, 0.1) is 0 Å². The lowest BCUT2D eigenvalue weighted by Crippen LogP contribution is -2.16. The molecule has 4 rings (SSSR count). The Morgan fingerprint density at radius 2 is 1.26 bits per heavy atom. The highest BCUT2D eigenvalue weighted by molar-refractivity contribution is 5.88. The Kier molecular flexibility index (Phi) is 3.39. The third kappa shape index (κ3) is 2.30. The standard InChI is InChI=1S/C20H17NO2/c1-2-22-18-12-6-3-9-15(18)21-16-10-4-7-13-19(16)23-20-14-8-5-11-17(20)21/h3-14H,2H2,1H3. The van der Waals surface area contributed by atoms with Crippen LogP contribution in [0.4, 0.5) is 17.1 Å². The van der Waals surface area contributed by atoms with E-state index in [1.165, 1.54) is 0 Å². The average molecular weight is 303 g/mol. The van der Waals surface area contributed by atoms with Gasteiger partial charge in [0.25, 0.3) is 0 Å². The van der Waals surface area contributed by atoms with Gasteiger partial charge in [0.1, 0.15) is 5.75 Å². The Morgan fingerprint density at radius 1 is 0.739 bits per heavy atom. The Morgan fingerprint density at radius 3 is 1.87 bits per heavy atom. The fourth-order valence-electron chi connectivity index (χ4n) is 2.88. The summed E-state index contributed by atoms with van der Waals surface area (Å²) in [6.07, 6.45) is 0. The van der Waals surface area contributed by atoms with Crippen LogP contribution in [0.2, 0.25) is 0 Å². The van der Waals surface area contributed by atoms with Gasteiger partial charge in [0.15, 0.2) is 11.5 Å². The first-order valence-electron chi connectivity index (χ1n) is 7.76. The molecule has 0 atom stereocenters. The molecule has 0 aliphatic carbocycles. The van der Waals surface area contributed by atoms with E-state index in [2.05, 4.69) is 23.1 Å². The molecule has 1 aliphatic rings. The second kappa shape index (κ2) is 5.69. The number of rotatable bonds is 3. The largest absolute Gasteiger partial charge is 0.492 e. The van der Waals surface area contributed by atoms with E-state index in [0.29, 0.717) is 6.61 Å². The van der Waals surface area contributed by atoms with Crippen LogP contribution in [0.15, 0.2) is 72.8 Å². The van der Waals surface area contributed by atoms with E-state index in [1.807, 2.05) is 61.5 Å². The highest BCUT2D eigenvalue weighted by atomic mass is 16.5. The predicted octanol–water partition coefficient (Wildman–Crippen LogP) is 5.66. The zero-order valence-corrected chi connectivity index (χ0v) is 12.9. The summed E-state index contributed by atoms with van der Waals surface area (Å²) in [4.78, 5) is 2.19. The first-order valence-corrected chi connectivity index (χ1v) is 7.76. The molecule has 0 saturated carbocycles. The highest BCUT2D eigenvalue weighted by Crippen LogP contribution is 2.51. The minimum atomic E-state index is 0.630. The van der Waals surface area contributed by atoms with E-state index in [-0.39, 0.29) is 0 Å².